The molecule has 0 unspecified atom stereocenters. The number of aliphatic hydroxyl groups excluding tert-OH is 1. The van der Waals surface area contributed by atoms with Gasteiger partial charge in [0.25, 0.3) is 0 Å². The number of β-amino-alcohol motifs (C(OH)–C–C–N with tert-alkyl or cyclic N) is 1. The van der Waals surface area contributed by atoms with E-state index in [1.165, 1.54) is 4.31 Å². The van der Waals surface area contributed by atoms with E-state index in [9.17, 15) is 13.5 Å². The van der Waals surface area contributed by atoms with Crippen LogP contribution in [-0.4, -0.2) is 42.8 Å². The molecule has 0 aliphatic carbocycles. The molecular weight excluding hydrogens is 214 g/mol. The third kappa shape index (κ3) is 4.09. The van der Waals surface area contributed by atoms with E-state index in [1.807, 2.05) is 20.8 Å². The Balaban J connectivity index is 2.69. The van der Waals surface area contributed by atoms with Crippen molar-refractivity contribution in [1.29, 1.82) is 0 Å². The minimum absolute atomic E-state index is 0.146. The molecule has 0 aromatic carbocycles. The molecule has 15 heavy (non-hydrogen) atoms. The summed E-state index contributed by atoms with van der Waals surface area (Å²) >= 11 is 0. The first-order valence-corrected chi connectivity index (χ1v) is 6.97. The Bertz CT molecular complexity index is 305. The van der Waals surface area contributed by atoms with Crippen LogP contribution in [0, 0.1) is 5.41 Å². The molecule has 1 aliphatic heterocycles. The van der Waals surface area contributed by atoms with Gasteiger partial charge in [0.2, 0.25) is 10.0 Å². The van der Waals surface area contributed by atoms with Gasteiger partial charge in [0, 0.05) is 13.1 Å². The second-order valence-electron chi connectivity index (χ2n) is 5.47. The molecule has 0 aromatic heterocycles. The van der Waals surface area contributed by atoms with E-state index in [2.05, 4.69) is 0 Å². The van der Waals surface area contributed by atoms with Gasteiger partial charge < -0.3 is 5.11 Å². The van der Waals surface area contributed by atoms with Crippen molar-refractivity contribution in [1.82, 2.24) is 4.31 Å². The second-order valence-corrected chi connectivity index (χ2v) is 7.44. The Labute approximate surface area is 92.3 Å². The average molecular weight is 235 g/mol. The summed E-state index contributed by atoms with van der Waals surface area (Å²) in [5.74, 6) is 0.146. The predicted octanol–water partition coefficient (Wildman–Crippen LogP) is 0.819. The molecule has 0 saturated carbocycles. The molecule has 0 amide bonds. The van der Waals surface area contributed by atoms with Gasteiger partial charge in [-0.3, -0.25) is 0 Å². The number of aliphatic hydroxyl groups is 1. The van der Waals surface area contributed by atoms with Crippen molar-refractivity contribution in [3.05, 3.63) is 0 Å². The van der Waals surface area contributed by atoms with Gasteiger partial charge in [0.1, 0.15) is 0 Å². The van der Waals surface area contributed by atoms with Crippen molar-refractivity contribution in [2.24, 2.45) is 5.41 Å². The maximum absolute atomic E-state index is 12.0. The fourth-order valence-corrected chi connectivity index (χ4v) is 3.90. The zero-order valence-corrected chi connectivity index (χ0v) is 10.5. The van der Waals surface area contributed by atoms with Crippen LogP contribution in [0.25, 0.3) is 0 Å². The molecule has 5 heteroatoms. The molecule has 1 N–H and O–H groups in total. The Morgan fingerprint density at radius 3 is 2.47 bits per heavy atom. The molecule has 1 aliphatic rings. The summed E-state index contributed by atoms with van der Waals surface area (Å²) in [5, 5.41) is 9.44. The summed E-state index contributed by atoms with van der Waals surface area (Å²) in [4.78, 5) is 0. The summed E-state index contributed by atoms with van der Waals surface area (Å²) < 4.78 is 25.3. The van der Waals surface area contributed by atoms with E-state index in [1.54, 1.807) is 0 Å². The Morgan fingerprint density at radius 2 is 2.00 bits per heavy atom. The molecule has 1 atom stereocenters. The van der Waals surface area contributed by atoms with Crippen LogP contribution in [0.5, 0.6) is 0 Å². The van der Waals surface area contributed by atoms with E-state index in [0.29, 0.717) is 13.0 Å². The minimum Gasteiger partial charge on any atom is -0.392 e. The zero-order chi connectivity index (χ0) is 11.7. The van der Waals surface area contributed by atoms with E-state index in [0.717, 1.165) is 6.42 Å². The van der Waals surface area contributed by atoms with Gasteiger partial charge >= 0.3 is 0 Å². The third-order valence-corrected chi connectivity index (χ3v) is 4.72. The Kier molecular flexibility index (Phi) is 3.79. The normalized spacial score (nSPS) is 25.5. The van der Waals surface area contributed by atoms with Crippen LogP contribution in [-0.2, 0) is 10.0 Å². The van der Waals surface area contributed by atoms with Gasteiger partial charge in [-0.15, -0.1) is 0 Å². The number of nitrogens with zero attached hydrogens (tertiary/aromatic N) is 1. The lowest BCUT2D eigenvalue weighted by molar-refractivity contribution is 0.107. The molecule has 0 bridgehead atoms. The molecule has 1 rings (SSSR count). The lowest BCUT2D eigenvalue weighted by atomic mass is 10.0. The molecule has 1 fully saturated rings. The van der Waals surface area contributed by atoms with Gasteiger partial charge in [-0.25, -0.2) is 8.42 Å². The fraction of sp³-hybridized carbons (Fsp3) is 1.00. The van der Waals surface area contributed by atoms with Crippen LogP contribution in [0.15, 0.2) is 0 Å². The number of hydrogen-bond donors (Lipinski definition) is 1. The highest BCUT2D eigenvalue weighted by Crippen LogP contribution is 2.21. The number of hydrogen-bond acceptors (Lipinski definition) is 3. The third-order valence-electron chi connectivity index (χ3n) is 2.37. The van der Waals surface area contributed by atoms with Crippen LogP contribution in [0.1, 0.15) is 33.6 Å². The Hall–Kier alpha value is -0.130. The molecular formula is C10H21NO3S. The molecule has 0 radical (unpaired) electrons. The van der Waals surface area contributed by atoms with Crippen molar-refractivity contribution < 1.29 is 13.5 Å². The number of piperidine rings is 1. The van der Waals surface area contributed by atoms with Gasteiger partial charge in [0.15, 0.2) is 0 Å². The maximum Gasteiger partial charge on any atom is 0.214 e. The van der Waals surface area contributed by atoms with Crippen LogP contribution in [0.4, 0.5) is 0 Å². The van der Waals surface area contributed by atoms with Gasteiger partial charge in [-0.1, -0.05) is 20.8 Å². The smallest absolute Gasteiger partial charge is 0.214 e. The first kappa shape index (κ1) is 12.9. The van der Waals surface area contributed by atoms with Crippen molar-refractivity contribution >= 4 is 10.0 Å². The quantitative estimate of drug-likeness (QED) is 0.771. The molecule has 4 nitrogen and oxygen atoms in total. The summed E-state index contributed by atoms with van der Waals surface area (Å²) in [6.07, 6.45) is 0.972. The van der Waals surface area contributed by atoms with Crippen LogP contribution >= 0.6 is 0 Å². The number of sulfonamides is 1. The van der Waals surface area contributed by atoms with Crippen molar-refractivity contribution in [3.8, 4) is 0 Å². The molecule has 90 valence electrons. The molecule has 0 spiro atoms. The highest BCUT2D eigenvalue weighted by atomic mass is 32.2. The summed E-state index contributed by atoms with van der Waals surface area (Å²) in [7, 11) is -3.20. The van der Waals surface area contributed by atoms with E-state index in [-0.39, 0.29) is 17.7 Å². The van der Waals surface area contributed by atoms with Crippen LogP contribution in [0.3, 0.4) is 0 Å². The summed E-state index contributed by atoms with van der Waals surface area (Å²) in [5.41, 5.74) is -0.235. The van der Waals surface area contributed by atoms with Gasteiger partial charge in [0.05, 0.1) is 11.9 Å². The lowest BCUT2D eigenvalue weighted by Crippen LogP contribution is -2.44. The average Bonchev–Trinajstić information content (AvgIpc) is 1.99. The Morgan fingerprint density at radius 1 is 1.40 bits per heavy atom. The monoisotopic (exact) mass is 235 g/mol. The standard InChI is InChI=1S/C10H21NO3S/c1-10(2,3)8-15(13,14)11-6-4-5-9(12)7-11/h9,12H,4-8H2,1-3H3/t9-/m0/s1. The SMILES string of the molecule is CC(C)(C)CS(=O)(=O)N1CCC[C@H](O)C1. The first-order valence-electron chi connectivity index (χ1n) is 5.37. The highest BCUT2D eigenvalue weighted by molar-refractivity contribution is 7.89. The van der Waals surface area contributed by atoms with Gasteiger partial charge in [-0.2, -0.15) is 4.31 Å². The van der Waals surface area contributed by atoms with Crippen molar-refractivity contribution in [2.75, 3.05) is 18.8 Å². The molecule has 0 aromatic rings. The van der Waals surface area contributed by atoms with Gasteiger partial charge in [-0.05, 0) is 18.3 Å². The lowest BCUT2D eigenvalue weighted by Gasteiger charge is -2.31. The van der Waals surface area contributed by atoms with E-state index < -0.39 is 16.1 Å². The largest absolute Gasteiger partial charge is 0.392 e. The topological polar surface area (TPSA) is 57.6 Å². The highest BCUT2D eigenvalue weighted by Gasteiger charge is 2.31. The summed E-state index contributed by atoms with van der Waals surface area (Å²) in [6.45, 7) is 6.54. The number of rotatable bonds is 2. The van der Waals surface area contributed by atoms with E-state index >= 15 is 0 Å². The zero-order valence-electron chi connectivity index (χ0n) is 9.73. The minimum atomic E-state index is -3.20. The fourth-order valence-electron chi connectivity index (χ4n) is 1.81. The molecule has 1 heterocycles. The van der Waals surface area contributed by atoms with Crippen molar-refractivity contribution in [2.45, 2.75) is 39.7 Å². The second kappa shape index (κ2) is 4.39. The van der Waals surface area contributed by atoms with E-state index in [4.69, 9.17) is 0 Å². The first-order chi connectivity index (χ1) is 6.71. The van der Waals surface area contributed by atoms with Crippen LogP contribution in [0.2, 0.25) is 0 Å². The summed E-state index contributed by atoms with van der Waals surface area (Å²) in [6, 6.07) is 0. The van der Waals surface area contributed by atoms with Crippen molar-refractivity contribution in [3.63, 3.8) is 0 Å². The maximum atomic E-state index is 12.0. The van der Waals surface area contributed by atoms with Crippen LogP contribution < -0.4 is 0 Å². The molecule has 1 saturated heterocycles. The predicted molar refractivity (Wildman–Crippen MR) is 60.1 cm³/mol.